The average molecular weight is 316 g/mol. The molecular formula is C13H18BrNOS. The molecule has 94 valence electrons. The first-order chi connectivity index (χ1) is 8.15. The van der Waals surface area contributed by atoms with E-state index < -0.39 is 0 Å². The topological polar surface area (TPSA) is 20.3 Å². The van der Waals surface area contributed by atoms with Crippen LogP contribution < -0.4 is 0 Å². The second-order valence-corrected chi connectivity index (χ2v) is 6.34. The van der Waals surface area contributed by atoms with Crippen molar-refractivity contribution in [2.75, 3.05) is 12.4 Å². The van der Waals surface area contributed by atoms with E-state index in [1.54, 1.807) is 11.3 Å². The van der Waals surface area contributed by atoms with Gasteiger partial charge in [-0.1, -0.05) is 15.9 Å². The minimum atomic E-state index is 0.0940. The molecule has 1 aromatic heterocycles. The number of carbonyl (C=O) groups excluding carboxylic acids is 1. The molecule has 2 atom stereocenters. The van der Waals surface area contributed by atoms with Crippen molar-refractivity contribution in [3.63, 3.8) is 0 Å². The van der Waals surface area contributed by atoms with E-state index in [-0.39, 0.29) is 17.9 Å². The Labute approximate surface area is 115 Å². The zero-order valence-electron chi connectivity index (χ0n) is 10.3. The second-order valence-electron chi connectivity index (χ2n) is 4.70. The molecule has 0 fully saturated rings. The predicted molar refractivity (Wildman–Crippen MR) is 76.0 cm³/mol. The van der Waals surface area contributed by atoms with Crippen LogP contribution in [0.25, 0.3) is 0 Å². The van der Waals surface area contributed by atoms with Gasteiger partial charge in [-0.15, -0.1) is 11.3 Å². The van der Waals surface area contributed by atoms with Crippen LogP contribution in [-0.2, 0) is 11.2 Å². The van der Waals surface area contributed by atoms with Crippen LogP contribution in [0.4, 0.5) is 0 Å². The average Bonchev–Trinajstić information content (AvgIpc) is 2.83. The first-order valence-corrected chi connectivity index (χ1v) is 8.04. The number of thiophene rings is 1. The van der Waals surface area contributed by atoms with Gasteiger partial charge in [0.15, 0.2) is 0 Å². The number of halogens is 1. The highest BCUT2D eigenvalue weighted by Crippen LogP contribution is 2.36. The van der Waals surface area contributed by atoms with Gasteiger partial charge in [-0.05, 0) is 43.2 Å². The largest absolute Gasteiger partial charge is 0.342 e. The Kier molecular flexibility index (Phi) is 4.26. The maximum Gasteiger partial charge on any atom is 0.230 e. The summed E-state index contributed by atoms with van der Waals surface area (Å²) in [6, 6.07) is 2.39. The Morgan fingerprint density at radius 2 is 2.47 bits per heavy atom. The first kappa shape index (κ1) is 13.1. The molecule has 0 radical (unpaired) electrons. The molecule has 1 aromatic rings. The molecule has 0 N–H and O–H groups in total. The number of nitrogens with zero attached hydrogens (tertiary/aromatic N) is 1. The molecular weight excluding hydrogens is 298 g/mol. The second kappa shape index (κ2) is 5.53. The number of fused-ring (bicyclic) bond motifs is 1. The highest BCUT2D eigenvalue weighted by atomic mass is 79.9. The molecule has 1 heterocycles. The molecule has 2 rings (SSSR count). The van der Waals surface area contributed by atoms with Crippen LogP contribution in [0.2, 0.25) is 0 Å². The van der Waals surface area contributed by atoms with Crippen LogP contribution in [0.5, 0.6) is 0 Å². The predicted octanol–water partition coefficient (Wildman–Crippen LogP) is 3.41. The van der Waals surface area contributed by atoms with Crippen molar-refractivity contribution in [1.82, 2.24) is 4.90 Å². The number of aryl methyl sites for hydroxylation is 1. The lowest BCUT2D eigenvalue weighted by Crippen LogP contribution is -2.39. The van der Waals surface area contributed by atoms with Gasteiger partial charge in [0.2, 0.25) is 5.91 Å². The zero-order chi connectivity index (χ0) is 12.4. The van der Waals surface area contributed by atoms with Gasteiger partial charge in [0.05, 0.1) is 5.92 Å². The van der Waals surface area contributed by atoms with E-state index >= 15 is 0 Å². The van der Waals surface area contributed by atoms with Crippen molar-refractivity contribution in [3.05, 3.63) is 21.9 Å². The zero-order valence-corrected chi connectivity index (χ0v) is 12.7. The normalized spacial score (nSPS) is 20.8. The third-order valence-corrected chi connectivity index (χ3v) is 5.52. The third-order valence-electron chi connectivity index (χ3n) is 3.58. The fourth-order valence-electron chi connectivity index (χ4n) is 2.31. The minimum absolute atomic E-state index is 0.0940. The molecule has 0 saturated carbocycles. The number of hydrogen-bond acceptors (Lipinski definition) is 2. The number of carbonyl (C=O) groups is 1. The number of rotatable bonds is 3. The van der Waals surface area contributed by atoms with Crippen LogP contribution in [0, 0.1) is 0 Å². The number of likely N-dealkylation sites (N-methyl/N-ethyl adjacent to an activating group) is 1. The smallest absolute Gasteiger partial charge is 0.230 e. The lowest BCUT2D eigenvalue weighted by Gasteiger charge is -2.30. The summed E-state index contributed by atoms with van der Waals surface area (Å²) in [4.78, 5) is 15.8. The van der Waals surface area contributed by atoms with Crippen LogP contribution in [0.1, 0.15) is 36.1 Å². The van der Waals surface area contributed by atoms with Crippen LogP contribution in [0.15, 0.2) is 11.4 Å². The Bertz CT molecular complexity index is 404. The van der Waals surface area contributed by atoms with Crippen molar-refractivity contribution in [2.45, 2.75) is 38.1 Å². The minimum Gasteiger partial charge on any atom is -0.342 e. The lowest BCUT2D eigenvalue weighted by molar-refractivity contribution is -0.133. The lowest BCUT2D eigenvalue weighted by atomic mass is 9.86. The third kappa shape index (κ3) is 2.58. The van der Waals surface area contributed by atoms with Gasteiger partial charge in [-0.25, -0.2) is 0 Å². The fraction of sp³-hybridized carbons (Fsp3) is 0.615. The molecule has 0 saturated heterocycles. The van der Waals surface area contributed by atoms with Crippen LogP contribution in [0.3, 0.4) is 0 Å². The maximum absolute atomic E-state index is 12.5. The summed E-state index contributed by atoms with van der Waals surface area (Å²) in [5.74, 6) is 0.368. The Morgan fingerprint density at radius 1 is 1.71 bits per heavy atom. The van der Waals surface area contributed by atoms with Crippen molar-refractivity contribution in [2.24, 2.45) is 0 Å². The molecule has 17 heavy (non-hydrogen) atoms. The van der Waals surface area contributed by atoms with Crippen LogP contribution >= 0.6 is 27.3 Å². The summed E-state index contributed by atoms with van der Waals surface area (Å²) < 4.78 is 0. The van der Waals surface area contributed by atoms with Crippen molar-refractivity contribution < 1.29 is 4.79 Å². The molecule has 1 amide bonds. The van der Waals surface area contributed by atoms with Crippen molar-refractivity contribution >= 4 is 33.2 Å². The summed E-state index contributed by atoms with van der Waals surface area (Å²) >= 11 is 5.23. The molecule has 0 spiro atoms. The summed E-state index contributed by atoms with van der Waals surface area (Å²) in [6.07, 6.45) is 3.29. The van der Waals surface area contributed by atoms with E-state index in [1.165, 1.54) is 10.4 Å². The Balaban J connectivity index is 2.17. The highest BCUT2D eigenvalue weighted by molar-refractivity contribution is 9.09. The molecule has 4 heteroatoms. The van der Waals surface area contributed by atoms with Gasteiger partial charge in [0.1, 0.15) is 0 Å². The standard InChI is InChI=1S/C13H18BrNOS/c1-9(8-14)15(2)13(16)11-4-3-5-12-10(11)6-7-17-12/h6-7,9,11H,3-5,8H2,1-2H3. The summed E-state index contributed by atoms with van der Waals surface area (Å²) in [7, 11) is 1.91. The van der Waals surface area contributed by atoms with Gasteiger partial charge in [-0.3, -0.25) is 4.79 Å². The van der Waals surface area contributed by atoms with Gasteiger partial charge >= 0.3 is 0 Å². The molecule has 2 nitrogen and oxygen atoms in total. The monoisotopic (exact) mass is 315 g/mol. The quantitative estimate of drug-likeness (QED) is 0.783. The van der Waals surface area contributed by atoms with E-state index in [1.807, 2.05) is 11.9 Å². The summed E-state index contributed by atoms with van der Waals surface area (Å²) in [5.41, 5.74) is 1.28. The molecule has 2 unspecified atom stereocenters. The Hall–Kier alpha value is -0.350. The van der Waals surface area contributed by atoms with Gasteiger partial charge in [-0.2, -0.15) is 0 Å². The van der Waals surface area contributed by atoms with Crippen LogP contribution in [-0.4, -0.2) is 29.2 Å². The molecule has 0 aliphatic heterocycles. The SMILES string of the molecule is CC(CBr)N(C)C(=O)C1CCCc2sccc21. The summed E-state index contributed by atoms with van der Waals surface area (Å²) in [6.45, 7) is 2.07. The van der Waals surface area contributed by atoms with E-state index in [9.17, 15) is 4.79 Å². The molecule has 1 aliphatic rings. The number of hydrogen-bond donors (Lipinski definition) is 0. The first-order valence-electron chi connectivity index (χ1n) is 6.04. The summed E-state index contributed by atoms with van der Waals surface area (Å²) in [5, 5.41) is 2.95. The van der Waals surface area contributed by atoms with E-state index in [0.29, 0.717) is 0 Å². The Morgan fingerprint density at radius 3 is 3.18 bits per heavy atom. The number of alkyl halides is 1. The molecule has 0 aromatic carbocycles. The van der Waals surface area contributed by atoms with E-state index in [4.69, 9.17) is 0 Å². The van der Waals surface area contributed by atoms with E-state index in [2.05, 4.69) is 34.3 Å². The number of amides is 1. The fourth-order valence-corrected chi connectivity index (χ4v) is 3.73. The van der Waals surface area contributed by atoms with Gasteiger partial charge in [0.25, 0.3) is 0 Å². The maximum atomic E-state index is 12.5. The van der Waals surface area contributed by atoms with Gasteiger partial charge in [0, 0.05) is 23.3 Å². The molecule has 1 aliphatic carbocycles. The van der Waals surface area contributed by atoms with Crippen molar-refractivity contribution in [1.29, 1.82) is 0 Å². The van der Waals surface area contributed by atoms with Crippen molar-refractivity contribution in [3.8, 4) is 0 Å². The van der Waals surface area contributed by atoms with E-state index in [0.717, 1.165) is 24.6 Å². The molecule has 0 bridgehead atoms. The van der Waals surface area contributed by atoms with Gasteiger partial charge < -0.3 is 4.90 Å². The highest BCUT2D eigenvalue weighted by Gasteiger charge is 2.30.